The van der Waals surface area contributed by atoms with Crippen LogP contribution in [0.2, 0.25) is 0 Å². The summed E-state index contributed by atoms with van der Waals surface area (Å²) in [5, 5.41) is 1.07. The van der Waals surface area contributed by atoms with Gasteiger partial charge in [0.15, 0.2) is 0 Å². The second-order valence-electron chi connectivity index (χ2n) is 4.42. The summed E-state index contributed by atoms with van der Waals surface area (Å²) in [7, 11) is 1.67. The van der Waals surface area contributed by atoms with Gasteiger partial charge in [0.25, 0.3) is 0 Å². The first-order chi connectivity index (χ1) is 9.28. The second kappa shape index (κ2) is 4.69. The average Bonchev–Trinajstić information content (AvgIpc) is 2.46. The van der Waals surface area contributed by atoms with Gasteiger partial charge in [-0.1, -0.05) is 12.1 Å². The summed E-state index contributed by atoms with van der Waals surface area (Å²) in [6.07, 6.45) is 1.79. The van der Waals surface area contributed by atoms with Gasteiger partial charge in [0.2, 0.25) is 0 Å². The fourth-order valence-corrected chi connectivity index (χ4v) is 2.12. The highest BCUT2D eigenvalue weighted by molar-refractivity contribution is 5.82. The molecule has 0 N–H and O–H groups in total. The van der Waals surface area contributed by atoms with Gasteiger partial charge >= 0.3 is 0 Å². The van der Waals surface area contributed by atoms with Crippen LogP contribution in [0.25, 0.3) is 22.3 Å². The third-order valence-electron chi connectivity index (χ3n) is 3.15. The van der Waals surface area contributed by atoms with E-state index < -0.39 is 0 Å². The second-order valence-corrected chi connectivity index (χ2v) is 4.42. The van der Waals surface area contributed by atoms with Crippen molar-refractivity contribution in [2.24, 2.45) is 0 Å². The molecular formula is C16H14N2O. The molecule has 3 rings (SSSR count). The van der Waals surface area contributed by atoms with Crippen LogP contribution in [-0.4, -0.2) is 17.1 Å². The number of fused-ring (bicyclic) bond motifs is 1. The number of pyridine rings is 2. The van der Waals surface area contributed by atoms with Gasteiger partial charge in [0, 0.05) is 11.6 Å². The summed E-state index contributed by atoms with van der Waals surface area (Å²) in [5.74, 6) is 0.844. The molecule has 2 aromatic heterocycles. The van der Waals surface area contributed by atoms with Crippen molar-refractivity contribution in [3.05, 3.63) is 54.2 Å². The maximum atomic E-state index is 5.22. The van der Waals surface area contributed by atoms with E-state index in [2.05, 4.69) is 9.97 Å². The lowest BCUT2D eigenvalue weighted by molar-refractivity contribution is 0.415. The molecule has 0 aliphatic heterocycles. The topological polar surface area (TPSA) is 35.0 Å². The van der Waals surface area contributed by atoms with Gasteiger partial charge in [0.1, 0.15) is 5.75 Å². The van der Waals surface area contributed by atoms with Gasteiger partial charge < -0.3 is 4.74 Å². The third kappa shape index (κ3) is 2.15. The van der Waals surface area contributed by atoms with Crippen molar-refractivity contribution in [2.75, 3.05) is 7.11 Å². The zero-order valence-electron chi connectivity index (χ0n) is 10.9. The van der Waals surface area contributed by atoms with Crippen LogP contribution in [0, 0.1) is 6.92 Å². The highest BCUT2D eigenvalue weighted by atomic mass is 16.5. The summed E-state index contributed by atoms with van der Waals surface area (Å²) in [4.78, 5) is 9.07. The van der Waals surface area contributed by atoms with Gasteiger partial charge in [-0.25, -0.2) is 4.98 Å². The molecule has 3 nitrogen and oxygen atoms in total. The Hall–Kier alpha value is -2.42. The highest BCUT2D eigenvalue weighted by Crippen LogP contribution is 2.24. The Morgan fingerprint density at radius 2 is 1.95 bits per heavy atom. The van der Waals surface area contributed by atoms with Crippen LogP contribution in [-0.2, 0) is 0 Å². The van der Waals surface area contributed by atoms with Crippen LogP contribution in [0.4, 0.5) is 0 Å². The first kappa shape index (κ1) is 11.7. The van der Waals surface area contributed by atoms with E-state index >= 15 is 0 Å². The molecule has 0 aliphatic rings. The normalized spacial score (nSPS) is 10.6. The largest absolute Gasteiger partial charge is 0.497 e. The highest BCUT2D eigenvalue weighted by Gasteiger charge is 2.06. The van der Waals surface area contributed by atoms with Gasteiger partial charge in [-0.05, 0) is 42.8 Å². The minimum Gasteiger partial charge on any atom is -0.497 e. The molecule has 94 valence electrons. The smallest absolute Gasteiger partial charge is 0.119 e. The molecule has 1 aromatic carbocycles. The lowest BCUT2D eigenvalue weighted by Gasteiger charge is -2.06. The summed E-state index contributed by atoms with van der Waals surface area (Å²) < 4.78 is 5.22. The maximum absolute atomic E-state index is 5.22. The monoisotopic (exact) mass is 250 g/mol. The molecule has 0 unspecified atom stereocenters. The number of hydrogen-bond donors (Lipinski definition) is 0. The quantitative estimate of drug-likeness (QED) is 0.696. The van der Waals surface area contributed by atoms with E-state index in [0.29, 0.717) is 0 Å². The Labute approximate surface area is 111 Å². The van der Waals surface area contributed by atoms with E-state index in [0.717, 1.165) is 33.6 Å². The van der Waals surface area contributed by atoms with Crippen molar-refractivity contribution in [1.29, 1.82) is 0 Å². The predicted octanol–water partition coefficient (Wildman–Crippen LogP) is 3.61. The Bertz CT molecular complexity index is 738. The SMILES string of the molecule is COc1ccc2nc(-c3ncccc3C)ccc2c1. The molecule has 0 atom stereocenters. The number of benzene rings is 1. The molecule has 0 radical (unpaired) electrons. The van der Waals surface area contributed by atoms with E-state index in [-0.39, 0.29) is 0 Å². The number of ether oxygens (including phenoxy) is 1. The molecule has 0 fully saturated rings. The molecule has 2 heterocycles. The Morgan fingerprint density at radius 1 is 1.05 bits per heavy atom. The Balaban J connectivity index is 2.15. The first-order valence-corrected chi connectivity index (χ1v) is 6.15. The molecule has 0 saturated heterocycles. The zero-order valence-corrected chi connectivity index (χ0v) is 10.9. The molecule has 0 bridgehead atoms. The number of aryl methyl sites for hydroxylation is 1. The molecule has 0 aliphatic carbocycles. The molecule has 0 spiro atoms. The van der Waals surface area contributed by atoms with Crippen molar-refractivity contribution in [3.63, 3.8) is 0 Å². The lowest BCUT2D eigenvalue weighted by atomic mass is 10.1. The van der Waals surface area contributed by atoms with E-state index in [1.165, 1.54) is 0 Å². The molecule has 19 heavy (non-hydrogen) atoms. The first-order valence-electron chi connectivity index (χ1n) is 6.15. The van der Waals surface area contributed by atoms with Crippen molar-refractivity contribution in [3.8, 4) is 17.1 Å². The third-order valence-corrected chi connectivity index (χ3v) is 3.15. The molecular weight excluding hydrogens is 236 g/mol. The van der Waals surface area contributed by atoms with Crippen LogP contribution in [0.5, 0.6) is 5.75 Å². The summed E-state index contributed by atoms with van der Waals surface area (Å²) in [6, 6.07) is 13.9. The maximum Gasteiger partial charge on any atom is 0.119 e. The van der Waals surface area contributed by atoms with Gasteiger partial charge in [0.05, 0.1) is 24.0 Å². The minimum absolute atomic E-state index is 0.844. The van der Waals surface area contributed by atoms with Crippen molar-refractivity contribution < 1.29 is 4.74 Å². The van der Waals surface area contributed by atoms with Crippen LogP contribution in [0.15, 0.2) is 48.7 Å². The number of rotatable bonds is 2. The van der Waals surface area contributed by atoms with Crippen LogP contribution < -0.4 is 4.74 Å². The average molecular weight is 250 g/mol. The van der Waals surface area contributed by atoms with Crippen LogP contribution in [0.3, 0.4) is 0 Å². The fraction of sp³-hybridized carbons (Fsp3) is 0.125. The standard InChI is InChI=1S/C16H14N2O/c1-11-4-3-9-17-16(11)15-7-5-12-10-13(19-2)6-8-14(12)18-15/h3-10H,1-2H3. The van der Waals surface area contributed by atoms with Crippen molar-refractivity contribution >= 4 is 10.9 Å². The predicted molar refractivity (Wildman–Crippen MR) is 76.3 cm³/mol. The molecule has 0 saturated carbocycles. The van der Waals surface area contributed by atoms with Gasteiger partial charge in [-0.2, -0.15) is 0 Å². The van der Waals surface area contributed by atoms with E-state index in [1.54, 1.807) is 13.3 Å². The van der Waals surface area contributed by atoms with Crippen LogP contribution in [0.1, 0.15) is 5.56 Å². The van der Waals surface area contributed by atoms with Crippen molar-refractivity contribution in [1.82, 2.24) is 9.97 Å². The summed E-state index contributed by atoms with van der Waals surface area (Å²) in [5.41, 5.74) is 3.90. The number of methoxy groups -OCH3 is 1. The zero-order chi connectivity index (χ0) is 13.2. The van der Waals surface area contributed by atoms with Crippen LogP contribution >= 0.6 is 0 Å². The Kier molecular flexibility index (Phi) is 2.88. The van der Waals surface area contributed by atoms with Crippen molar-refractivity contribution in [2.45, 2.75) is 6.92 Å². The summed E-state index contributed by atoms with van der Waals surface area (Å²) in [6.45, 7) is 2.04. The fourth-order valence-electron chi connectivity index (χ4n) is 2.12. The van der Waals surface area contributed by atoms with E-state index in [9.17, 15) is 0 Å². The van der Waals surface area contributed by atoms with Gasteiger partial charge in [-0.15, -0.1) is 0 Å². The number of aromatic nitrogens is 2. The number of hydrogen-bond acceptors (Lipinski definition) is 3. The number of nitrogens with zero attached hydrogens (tertiary/aromatic N) is 2. The van der Waals surface area contributed by atoms with E-state index in [1.807, 2.05) is 49.4 Å². The molecule has 3 heteroatoms. The Morgan fingerprint density at radius 3 is 2.74 bits per heavy atom. The van der Waals surface area contributed by atoms with Gasteiger partial charge in [-0.3, -0.25) is 4.98 Å². The summed E-state index contributed by atoms with van der Waals surface area (Å²) >= 11 is 0. The minimum atomic E-state index is 0.844. The molecule has 0 amide bonds. The molecule has 3 aromatic rings. The lowest BCUT2D eigenvalue weighted by Crippen LogP contribution is -1.91. The van der Waals surface area contributed by atoms with E-state index in [4.69, 9.17) is 4.74 Å².